The third-order valence-corrected chi connectivity index (χ3v) is 3.87. The van der Waals surface area contributed by atoms with E-state index in [9.17, 15) is 0 Å². The second-order valence-corrected chi connectivity index (χ2v) is 5.34. The molecule has 0 bridgehead atoms. The summed E-state index contributed by atoms with van der Waals surface area (Å²) in [6.45, 7) is 2.18. The van der Waals surface area contributed by atoms with E-state index in [0.717, 1.165) is 17.6 Å². The van der Waals surface area contributed by atoms with E-state index in [1.165, 1.54) is 11.3 Å². The predicted molar refractivity (Wildman–Crippen MR) is 78.4 cm³/mol. The molecule has 0 spiro atoms. The Morgan fingerprint density at radius 1 is 1.30 bits per heavy atom. The van der Waals surface area contributed by atoms with Crippen LogP contribution >= 0.6 is 11.6 Å². The summed E-state index contributed by atoms with van der Waals surface area (Å²) in [4.78, 5) is 10.8. The van der Waals surface area contributed by atoms with Gasteiger partial charge in [0.2, 0.25) is 5.28 Å². The van der Waals surface area contributed by atoms with E-state index in [4.69, 9.17) is 11.6 Å². The van der Waals surface area contributed by atoms with Crippen LogP contribution in [0.1, 0.15) is 12.5 Å². The van der Waals surface area contributed by atoms with Crippen LogP contribution in [-0.4, -0.2) is 26.2 Å². The maximum Gasteiger partial charge on any atom is 0.226 e. The molecule has 0 saturated heterocycles. The molecule has 100 valence electrons. The fraction of sp³-hybridized carbons (Fsp3) is 0.214. The smallest absolute Gasteiger partial charge is 0.226 e. The van der Waals surface area contributed by atoms with Crippen LogP contribution in [0.4, 0.5) is 11.5 Å². The van der Waals surface area contributed by atoms with Crippen molar-refractivity contribution >= 4 is 34.1 Å². The van der Waals surface area contributed by atoms with Gasteiger partial charge in [0.25, 0.3) is 0 Å². The average Bonchev–Trinajstić information content (AvgIpc) is 3.00. The molecule has 1 aromatic carbocycles. The lowest BCUT2D eigenvalue weighted by atomic mass is 10.1. The molecule has 1 aliphatic heterocycles. The normalized spacial score (nSPS) is 17.7. The highest BCUT2D eigenvalue weighted by atomic mass is 35.5. The number of halogens is 1. The van der Waals surface area contributed by atoms with Gasteiger partial charge in [-0.2, -0.15) is 15.1 Å². The summed E-state index contributed by atoms with van der Waals surface area (Å²) in [6.07, 6.45) is 2.74. The van der Waals surface area contributed by atoms with Crippen LogP contribution in [0.25, 0.3) is 11.0 Å². The van der Waals surface area contributed by atoms with Gasteiger partial charge in [0, 0.05) is 11.7 Å². The van der Waals surface area contributed by atoms with E-state index in [0.29, 0.717) is 11.7 Å². The summed E-state index contributed by atoms with van der Waals surface area (Å²) in [5.74, 6) is 0.811. The minimum atomic E-state index is 0.230. The Morgan fingerprint density at radius 2 is 2.15 bits per heavy atom. The molecule has 4 rings (SSSR count). The van der Waals surface area contributed by atoms with Crippen molar-refractivity contribution in [3.63, 3.8) is 0 Å². The van der Waals surface area contributed by atoms with Crippen molar-refractivity contribution in [1.29, 1.82) is 0 Å². The Bertz CT molecular complexity index is 797. The highest BCUT2D eigenvalue weighted by Gasteiger charge is 2.29. The minimum absolute atomic E-state index is 0.230. The summed E-state index contributed by atoms with van der Waals surface area (Å²) >= 11 is 6.04. The average molecular weight is 286 g/mol. The number of para-hydroxylation sites is 1. The van der Waals surface area contributed by atoms with E-state index in [-0.39, 0.29) is 5.28 Å². The molecular formula is C14H12ClN5. The van der Waals surface area contributed by atoms with Crippen molar-refractivity contribution in [1.82, 2.24) is 20.2 Å². The molecule has 0 radical (unpaired) electrons. The maximum absolute atomic E-state index is 6.04. The van der Waals surface area contributed by atoms with Gasteiger partial charge in [0.15, 0.2) is 5.65 Å². The molecule has 3 heterocycles. The zero-order valence-electron chi connectivity index (χ0n) is 10.8. The van der Waals surface area contributed by atoms with Gasteiger partial charge in [0.1, 0.15) is 5.82 Å². The zero-order chi connectivity index (χ0) is 13.7. The summed E-state index contributed by atoms with van der Waals surface area (Å²) in [5, 5.41) is 8.01. The standard InChI is InChI=1S/C14H12ClN5/c1-8-6-9-4-2-3-5-11(9)20(8)13-10-7-16-19-12(10)17-14(15)18-13/h2-5,7-8H,6H2,1H3,(H,16,17,18,19). The lowest BCUT2D eigenvalue weighted by Crippen LogP contribution is -2.25. The Labute approximate surface area is 120 Å². The molecule has 6 heteroatoms. The van der Waals surface area contributed by atoms with Crippen molar-refractivity contribution in [2.24, 2.45) is 0 Å². The molecule has 1 aliphatic rings. The van der Waals surface area contributed by atoms with Gasteiger partial charge in [-0.3, -0.25) is 5.10 Å². The predicted octanol–water partition coefficient (Wildman–Crippen LogP) is 3.09. The summed E-state index contributed by atoms with van der Waals surface area (Å²) in [6, 6.07) is 8.70. The molecule has 0 saturated carbocycles. The van der Waals surface area contributed by atoms with Gasteiger partial charge >= 0.3 is 0 Å². The summed E-state index contributed by atoms with van der Waals surface area (Å²) in [5.41, 5.74) is 3.17. The highest BCUT2D eigenvalue weighted by molar-refractivity contribution is 6.28. The second kappa shape index (κ2) is 4.18. The number of anilines is 2. The number of aromatic amines is 1. The highest BCUT2D eigenvalue weighted by Crippen LogP contribution is 2.39. The Balaban J connectivity index is 1.97. The molecule has 0 amide bonds. The minimum Gasteiger partial charge on any atom is -0.322 e. The zero-order valence-corrected chi connectivity index (χ0v) is 11.6. The lowest BCUT2D eigenvalue weighted by Gasteiger charge is -2.24. The van der Waals surface area contributed by atoms with Crippen molar-refractivity contribution in [3.05, 3.63) is 41.3 Å². The van der Waals surface area contributed by atoms with Crippen LogP contribution in [-0.2, 0) is 6.42 Å². The largest absolute Gasteiger partial charge is 0.322 e. The quantitative estimate of drug-likeness (QED) is 0.698. The molecule has 1 atom stereocenters. The topological polar surface area (TPSA) is 57.7 Å². The van der Waals surface area contributed by atoms with Gasteiger partial charge in [-0.05, 0) is 36.6 Å². The fourth-order valence-electron chi connectivity index (χ4n) is 2.86. The molecular weight excluding hydrogens is 274 g/mol. The lowest BCUT2D eigenvalue weighted by molar-refractivity contribution is 0.752. The van der Waals surface area contributed by atoms with Gasteiger partial charge in [0.05, 0.1) is 11.6 Å². The third-order valence-electron chi connectivity index (χ3n) is 3.70. The van der Waals surface area contributed by atoms with Crippen molar-refractivity contribution in [2.45, 2.75) is 19.4 Å². The molecule has 1 N–H and O–H groups in total. The number of nitrogens with one attached hydrogen (secondary N) is 1. The van der Waals surface area contributed by atoms with Crippen LogP contribution in [0.2, 0.25) is 5.28 Å². The molecule has 5 nitrogen and oxygen atoms in total. The number of benzene rings is 1. The first-order valence-corrected chi connectivity index (χ1v) is 6.85. The number of aromatic nitrogens is 4. The van der Waals surface area contributed by atoms with E-state index in [2.05, 4.69) is 50.2 Å². The number of hydrogen-bond acceptors (Lipinski definition) is 4. The number of hydrogen-bond donors (Lipinski definition) is 1. The van der Waals surface area contributed by atoms with Crippen molar-refractivity contribution < 1.29 is 0 Å². The molecule has 20 heavy (non-hydrogen) atoms. The summed E-state index contributed by atoms with van der Waals surface area (Å²) in [7, 11) is 0. The first-order chi connectivity index (χ1) is 9.74. The Morgan fingerprint density at radius 3 is 3.05 bits per heavy atom. The van der Waals surface area contributed by atoms with Crippen molar-refractivity contribution in [2.75, 3.05) is 4.90 Å². The Kier molecular flexibility index (Phi) is 2.44. The van der Waals surface area contributed by atoms with Crippen LogP contribution in [0.15, 0.2) is 30.5 Å². The molecule has 2 aromatic heterocycles. The van der Waals surface area contributed by atoms with E-state index in [1.807, 2.05) is 6.07 Å². The van der Waals surface area contributed by atoms with Crippen LogP contribution in [0.5, 0.6) is 0 Å². The van der Waals surface area contributed by atoms with Crippen LogP contribution in [0, 0.1) is 0 Å². The van der Waals surface area contributed by atoms with Gasteiger partial charge in [-0.25, -0.2) is 0 Å². The van der Waals surface area contributed by atoms with Crippen molar-refractivity contribution in [3.8, 4) is 0 Å². The maximum atomic E-state index is 6.04. The molecule has 3 aromatic rings. The van der Waals surface area contributed by atoms with Crippen LogP contribution in [0.3, 0.4) is 0 Å². The SMILES string of the molecule is CC1Cc2ccccc2N1c1nc(Cl)nc2[nH]ncc12. The number of nitrogens with zero attached hydrogens (tertiary/aromatic N) is 4. The number of rotatable bonds is 1. The third kappa shape index (κ3) is 1.59. The first-order valence-electron chi connectivity index (χ1n) is 6.48. The molecule has 1 unspecified atom stereocenters. The van der Waals surface area contributed by atoms with Crippen LogP contribution < -0.4 is 4.90 Å². The van der Waals surface area contributed by atoms with Gasteiger partial charge < -0.3 is 4.90 Å². The number of H-pyrrole nitrogens is 1. The first kappa shape index (κ1) is 11.7. The van der Waals surface area contributed by atoms with Gasteiger partial charge in [-0.15, -0.1) is 0 Å². The van der Waals surface area contributed by atoms with E-state index < -0.39 is 0 Å². The van der Waals surface area contributed by atoms with E-state index in [1.54, 1.807) is 6.20 Å². The summed E-state index contributed by atoms with van der Waals surface area (Å²) < 4.78 is 0. The van der Waals surface area contributed by atoms with E-state index >= 15 is 0 Å². The van der Waals surface area contributed by atoms with Gasteiger partial charge in [-0.1, -0.05) is 18.2 Å². The molecule has 0 aliphatic carbocycles. The number of fused-ring (bicyclic) bond motifs is 2. The monoisotopic (exact) mass is 285 g/mol. The Hall–Kier alpha value is -2.14. The molecule has 0 fully saturated rings. The second-order valence-electron chi connectivity index (χ2n) is 5.00. The fourth-order valence-corrected chi connectivity index (χ4v) is 3.03.